The summed E-state index contributed by atoms with van der Waals surface area (Å²) < 4.78 is 11.2. The summed E-state index contributed by atoms with van der Waals surface area (Å²) in [6.07, 6.45) is 5.67. The van der Waals surface area contributed by atoms with Crippen LogP contribution in [0.4, 0.5) is 4.79 Å². The molecule has 1 saturated heterocycles. The zero-order chi connectivity index (χ0) is 17.0. The van der Waals surface area contributed by atoms with Gasteiger partial charge in [-0.15, -0.1) is 0 Å². The number of nitrogens with zero attached hydrogens (tertiary/aromatic N) is 1. The largest absolute Gasteiger partial charge is 0.444 e. The van der Waals surface area contributed by atoms with Gasteiger partial charge in [0.05, 0.1) is 12.2 Å². The predicted molar refractivity (Wildman–Crippen MR) is 91.5 cm³/mol. The van der Waals surface area contributed by atoms with E-state index in [4.69, 9.17) is 9.47 Å². The van der Waals surface area contributed by atoms with Crippen molar-refractivity contribution in [2.75, 3.05) is 19.6 Å². The lowest BCUT2D eigenvalue weighted by Crippen LogP contribution is -2.43. The van der Waals surface area contributed by atoms with E-state index in [2.05, 4.69) is 25.2 Å². The van der Waals surface area contributed by atoms with Gasteiger partial charge in [0.2, 0.25) is 0 Å². The average molecular weight is 324 g/mol. The van der Waals surface area contributed by atoms with Gasteiger partial charge in [-0.25, -0.2) is 4.79 Å². The fourth-order valence-electron chi connectivity index (χ4n) is 3.21. The van der Waals surface area contributed by atoms with Crippen LogP contribution in [-0.4, -0.2) is 54.5 Å². The van der Waals surface area contributed by atoms with Crippen molar-refractivity contribution in [2.24, 2.45) is 0 Å². The molecule has 0 saturated carbocycles. The fraction of sp³-hybridized carbons (Fsp3) is 0.833. The minimum absolute atomic E-state index is 0.215. The number of nitrogens with one attached hydrogen (secondary N) is 1. The van der Waals surface area contributed by atoms with Crippen molar-refractivity contribution >= 4 is 6.09 Å². The average Bonchev–Trinajstić information content (AvgIpc) is 2.43. The molecule has 0 radical (unpaired) electrons. The van der Waals surface area contributed by atoms with E-state index in [0.717, 1.165) is 32.4 Å². The second-order valence-corrected chi connectivity index (χ2v) is 7.85. The van der Waals surface area contributed by atoms with Crippen molar-refractivity contribution in [3.8, 4) is 0 Å². The smallest absolute Gasteiger partial charge is 0.410 e. The fourth-order valence-corrected chi connectivity index (χ4v) is 3.21. The first-order valence-electron chi connectivity index (χ1n) is 8.77. The molecule has 23 heavy (non-hydrogen) atoms. The lowest BCUT2D eigenvalue weighted by Gasteiger charge is -2.34. The van der Waals surface area contributed by atoms with Crippen molar-refractivity contribution in [3.05, 3.63) is 11.6 Å². The van der Waals surface area contributed by atoms with Gasteiger partial charge in [0.25, 0.3) is 0 Å². The van der Waals surface area contributed by atoms with E-state index in [1.54, 1.807) is 4.90 Å². The molecule has 0 aromatic carbocycles. The van der Waals surface area contributed by atoms with E-state index in [1.165, 1.54) is 5.57 Å². The SMILES string of the molecule is CC1CC(NCC2=CCN(C(=O)OC(C)(C)C)CC2)CC(C)O1. The maximum atomic E-state index is 12.0. The van der Waals surface area contributed by atoms with Crippen LogP contribution in [0.15, 0.2) is 11.6 Å². The van der Waals surface area contributed by atoms with Crippen LogP contribution >= 0.6 is 0 Å². The summed E-state index contributed by atoms with van der Waals surface area (Å²) in [5.74, 6) is 0. The monoisotopic (exact) mass is 324 g/mol. The molecule has 2 heterocycles. The van der Waals surface area contributed by atoms with Crippen molar-refractivity contribution in [1.29, 1.82) is 0 Å². The normalized spacial score (nSPS) is 29.2. The van der Waals surface area contributed by atoms with Gasteiger partial charge in [-0.1, -0.05) is 11.6 Å². The zero-order valence-corrected chi connectivity index (χ0v) is 15.2. The summed E-state index contributed by atoms with van der Waals surface area (Å²) in [7, 11) is 0. The summed E-state index contributed by atoms with van der Waals surface area (Å²) in [5, 5.41) is 3.65. The Kier molecular flexibility index (Phi) is 6.09. The van der Waals surface area contributed by atoms with Gasteiger partial charge in [-0.05, 0) is 53.9 Å². The zero-order valence-electron chi connectivity index (χ0n) is 15.2. The lowest BCUT2D eigenvalue weighted by molar-refractivity contribution is -0.0416. The molecule has 5 heteroatoms. The third kappa shape index (κ3) is 6.15. The quantitative estimate of drug-likeness (QED) is 0.811. The molecule has 5 nitrogen and oxygen atoms in total. The maximum Gasteiger partial charge on any atom is 0.410 e. The minimum Gasteiger partial charge on any atom is -0.444 e. The maximum absolute atomic E-state index is 12.0. The number of rotatable bonds is 3. The minimum atomic E-state index is -0.431. The highest BCUT2D eigenvalue weighted by Crippen LogP contribution is 2.20. The molecule has 132 valence electrons. The first kappa shape index (κ1) is 18.3. The molecule has 2 rings (SSSR count). The molecule has 0 spiro atoms. The number of hydrogen-bond donors (Lipinski definition) is 1. The van der Waals surface area contributed by atoms with Crippen LogP contribution in [-0.2, 0) is 9.47 Å². The van der Waals surface area contributed by atoms with Gasteiger partial charge >= 0.3 is 6.09 Å². The van der Waals surface area contributed by atoms with Crippen LogP contribution in [0.3, 0.4) is 0 Å². The van der Waals surface area contributed by atoms with Crippen molar-refractivity contribution in [1.82, 2.24) is 10.2 Å². The molecular weight excluding hydrogens is 292 g/mol. The Morgan fingerprint density at radius 3 is 2.52 bits per heavy atom. The van der Waals surface area contributed by atoms with Crippen LogP contribution < -0.4 is 5.32 Å². The Hall–Kier alpha value is -1.07. The van der Waals surface area contributed by atoms with E-state index < -0.39 is 5.60 Å². The van der Waals surface area contributed by atoms with Crippen LogP contribution in [0.25, 0.3) is 0 Å². The van der Waals surface area contributed by atoms with Crippen molar-refractivity contribution in [2.45, 2.75) is 77.7 Å². The van der Waals surface area contributed by atoms with Crippen molar-refractivity contribution in [3.63, 3.8) is 0 Å². The molecule has 2 aliphatic rings. The highest BCUT2D eigenvalue weighted by atomic mass is 16.6. The third-order valence-electron chi connectivity index (χ3n) is 4.27. The van der Waals surface area contributed by atoms with Crippen LogP contribution in [0.2, 0.25) is 0 Å². The summed E-state index contributed by atoms with van der Waals surface area (Å²) in [6.45, 7) is 12.3. The number of hydrogen-bond acceptors (Lipinski definition) is 4. The van der Waals surface area contributed by atoms with E-state index in [0.29, 0.717) is 24.8 Å². The Balaban J connectivity index is 1.75. The summed E-state index contributed by atoms with van der Waals surface area (Å²) in [4.78, 5) is 13.8. The van der Waals surface area contributed by atoms with E-state index in [1.807, 2.05) is 20.8 Å². The molecule has 0 aromatic heterocycles. The Labute approximate surface area is 140 Å². The topological polar surface area (TPSA) is 50.8 Å². The third-order valence-corrected chi connectivity index (χ3v) is 4.27. The lowest BCUT2D eigenvalue weighted by atomic mass is 9.99. The number of carbonyl (C=O) groups excluding carboxylic acids is 1. The van der Waals surface area contributed by atoms with Crippen LogP contribution in [0.1, 0.15) is 53.9 Å². The summed E-state index contributed by atoms with van der Waals surface area (Å²) in [5.41, 5.74) is 0.954. The van der Waals surface area contributed by atoms with Crippen LogP contribution in [0.5, 0.6) is 0 Å². The molecule has 2 aliphatic heterocycles. The number of ether oxygens (including phenoxy) is 2. The van der Waals surface area contributed by atoms with Gasteiger partial charge in [0.1, 0.15) is 5.60 Å². The molecule has 2 unspecified atom stereocenters. The van der Waals surface area contributed by atoms with Gasteiger partial charge < -0.3 is 19.7 Å². The Bertz CT molecular complexity index is 432. The standard InChI is InChI=1S/C18H32N2O3/c1-13-10-16(11-14(2)22-13)19-12-15-6-8-20(9-7-15)17(21)23-18(3,4)5/h6,13-14,16,19H,7-12H2,1-5H3. The second kappa shape index (κ2) is 7.67. The highest BCUT2D eigenvalue weighted by molar-refractivity contribution is 5.68. The molecule has 0 aliphatic carbocycles. The van der Waals surface area contributed by atoms with Gasteiger partial charge in [-0.3, -0.25) is 0 Å². The second-order valence-electron chi connectivity index (χ2n) is 7.85. The van der Waals surface area contributed by atoms with Crippen LogP contribution in [0, 0.1) is 0 Å². The molecule has 1 N–H and O–H groups in total. The summed E-state index contributed by atoms with van der Waals surface area (Å²) in [6, 6.07) is 0.526. The van der Waals surface area contributed by atoms with E-state index in [-0.39, 0.29) is 6.09 Å². The Morgan fingerprint density at radius 1 is 1.35 bits per heavy atom. The predicted octanol–water partition coefficient (Wildman–Crippen LogP) is 3.10. The Morgan fingerprint density at radius 2 is 2.00 bits per heavy atom. The number of amides is 1. The van der Waals surface area contributed by atoms with E-state index >= 15 is 0 Å². The molecular formula is C18H32N2O3. The molecule has 1 fully saturated rings. The van der Waals surface area contributed by atoms with Gasteiger partial charge in [-0.2, -0.15) is 0 Å². The first-order chi connectivity index (χ1) is 10.7. The first-order valence-corrected chi connectivity index (χ1v) is 8.77. The summed E-state index contributed by atoms with van der Waals surface area (Å²) >= 11 is 0. The number of carbonyl (C=O) groups is 1. The molecule has 1 amide bonds. The van der Waals surface area contributed by atoms with Crippen molar-refractivity contribution < 1.29 is 14.3 Å². The molecule has 2 atom stereocenters. The molecule has 0 bridgehead atoms. The molecule has 0 aromatic rings. The van der Waals surface area contributed by atoms with Gasteiger partial charge in [0, 0.05) is 25.7 Å². The highest BCUT2D eigenvalue weighted by Gasteiger charge is 2.26. The van der Waals surface area contributed by atoms with E-state index in [9.17, 15) is 4.79 Å². The van der Waals surface area contributed by atoms with Gasteiger partial charge in [0.15, 0.2) is 0 Å².